The van der Waals surface area contributed by atoms with Gasteiger partial charge in [-0.1, -0.05) is 0 Å². The van der Waals surface area contributed by atoms with Gasteiger partial charge in [-0.3, -0.25) is 0 Å². The summed E-state index contributed by atoms with van der Waals surface area (Å²) in [4.78, 5) is 13.7. The molecule has 4 N–H and O–H groups in total. The monoisotopic (exact) mass is 247 g/mol. The smallest absolute Gasteiger partial charge is 0.337 e. The minimum atomic E-state index is -1.20. The Morgan fingerprint density at radius 2 is 2.00 bits per heavy atom. The summed E-state index contributed by atoms with van der Waals surface area (Å²) in [5, 5.41) is 28.1. The maximum absolute atomic E-state index is 10.9. The first kappa shape index (κ1) is 13.0. The maximum atomic E-state index is 10.9. The zero-order chi connectivity index (χ0) is 12.5. The number of hydrogen-bond acceptors (Lipinski definition) is 3. The molecule has 0 saturated carbocycles. The highest BCUT2D eigenvalue weighted by Crippen LogP contribution is 2.25. The number of aromatic nitrogens is 1. The zero-order valence-corrected chi connectivity index (χ0v) is 9.75. The Hall–Kier alpha value is -1.04. The van der Waals surface area contributed by atoms with Crippen molar-refractivity contribution in [3.63, 3.8) is 0 Å². The Morgan fingerprint density at radius 1 is 1.44 bits per heavy atom. The summed E-state index contributed by atoms with van der Waals surface area (Å²) in [6.45, 7) is 3.17. The van der Waals surface area contributed by atoms with Crippen molar-refractivity contribution in [2.75, 3.05) is 5.88 Å². The molecular weight excluding hydrogens is 234 g/mol. The summed E-state index contributed by atoms with van der Waals surface area (Å²) in [7, 11) is 0. The van der Waals surface area contributed by atoms with Gasteiger partial charge in [0.25, 0.3) is 0 Å². The number of alkyl halides is 1. The fraction of sp³-hybridized carbons (Fsp3) is 0.500. The molecule has 0 saturated heterocycles. The second-order valence-corrected chi connectivity index (χ2v) is 3.94. The molecule has 2 atom stereocenters. The summed E-state index contributed by atoms with van der Waals surface area (Å²) in [5.41, 5.74) is 1.28. The molecule has 90 valence electrons. The molecule has 1 aromatic rings. The first-order valence-corrected chi connectivity index (χ1v) is 5.28. The molecule has 16 heavy (non-hydrogen) atoms. The first-order chi connectivity index (χ1) is 7.40. The highest BCUT2D eigenvalue weighted by Gasteiger charge is 2.25. The average Bonchev–Trinajstić information content (AvgIpc) is 2.51. The van der Waals surface area contributed by atoms with Gasteiger partial charge < -0.3 is 20.3 Å². The Bertz CT molecular complexity index is 402. The van der Waals surface area contributed by atoms with Crippen LogP contribution in [0.3, 0.4) is 0 Å². The number of rotatable bonds is 4. The Labute approximate surface area is 97.7 Å². The third-order valence-corrected chi connectivity index (χ3v) is 2.82. The third kappa shape index (κ3) is 2.21. The van der Waals surface area contributed by atoms with Crippen LogP contribution in [0.25, 0.3) is 0 Å². The van der Waals surface area contributed by atoms with Crippen LogP contribution in [-0.4, -0.2) is 38.3 Å². The molecular formula is C10H14ClNO4. The lowest BCUT2D eigenvalue weighted by molar-refractivity contribution is 0.0298. The number of hydrogen-bond donors (Lipinski definition) is 4. The number of halogens is 1. The molecule has 1 aromatic heterocycles. The molecule has 0 aliphatic heterocycles. The van der Waals surface area contributed by atoms with E-state index in [9.17, 15) is 15.0 Å². The molecule has 0 aromatic carbocycles. The van der Waals surface area contributed by atoms with Crippen LogP contribution in [0.4, 0.5) is 0 Å². The molecule has 1 heterocycles. The fourth-order valence-corrected chi connectivity index (χ4v) is 1.84. The summed E-state index contributed by atoms with van der Waals surface area (Å²) in [5.74, 6) is -1.19. The van der Waals surface area contributed by atoms with E-state index in [-0.39, 0.29) is 11.4 Å². The molecule has 0 radical (unpaired) electrons. The summed E-state index contributed by atoms with van der Waals surface area (Å²) < 4.78 is 0. The van der Waals surface area contributed by atoms with Gasteiger partial charge in [0.2, 0.25) is 0 Å². The number of aromatic amines is 1. The summed E-state index contributed by atoms with van der Waals surface area (Å²) in [6.07, 6.45) is -2.33. The molecule has 0 amide bonds. The van der Waals surface area contributed by atoms with Crippen LogP contribution in [0.1, 0.15) is 33.4 Å². The second kappa shape index (κ2) is 4.86. The maximum Gasteiger partial charge on any atom is 0.337 e. The van der Waals surface area contributed by atoms with E-state index in [4.69, 9.17) is 16.7 Å². The van der Waals surface area contributed by atoms with Gasteiger partial charge >= 0.3 is 5.97 Å². The number of aliphatic hydroxyl groups is 2. The molecule has 0 spiro atoms. The lowest BCUT2D eigenvalue weighted by Crippen LogP contribution is -2.20. The van der Waals surface area contributed by atoms with Crippen molar-refractivity contribution >= 4 is 17.6 Å². The quantitative estimate of drug-likeness (QED) is 0.596. The molecule has 2 unspecified atom stereocenters. The van der Waals surface area contributed by atoms with Gasteiger partial charge in [0.1, 0.15) is 6.10 Å². The van der Waals surface area contributed by atoms with E-state index in [0.29, 0.717) is 17.0 Å². The Balaban J connectivity index is 3.17. The van der Waals surface area contributed by atoms with Crippen LogP contribution in [0.2, 0.25) is 0 Å². The van der Waals surface area contributed by atoms with Crippen molar-refractivity contribution in [1.82, 2.24) is 4.98 Å². The standard InChI is InChI=1S/C10H14ClNO4/c1-4-7(10(15)16)5(2)12-8(4)9(14)6(13)3-11/h6,9,12-14H,3H2,1-2H3,(H,15,16). The van der Waals surface area contributed by atoms with E-state index in [1.165, 1.54) is 0 Å². The van der Waals surface area contributed by atoms with Gasteiger partial charge in [-0.25, -0.2) is 4.79 Å². The van der Waals surface area contributed by atoms with Crippen LogP contribution in [0, 0.1) is 13.8 Å². The first-order valence-electron chi connectivity index (χ1n) is 4.74. The van der Waals surface area contributed by atoms with E-state index in [1.807, 2.05) is 0 Å². The van der Waals surface area contributed by atoms with E-state index in [2.05, 4.69) is 4.98 Å². The zero-order valence-electron chi connectivity index (χ0n) is 8.99. The van der Waals surface area contributed by atoms with Gasteiger partial charge in [0.05, 0.1) is 23.2 Å². The average molecular weight is 248 g/mol. The fourth-order valence-electron chi connectivity index (χ4n) is 1.67. The molecule has 0 aliphatic rings. The van der Waals surface area contributed by atoms with E-state index in [0.717, 1.165) is 0 Å². The van der Waals surface area contributed by atoms with Gasteiger partial charge in [-0.05, 0) is 19.4 Å². The predicted molar refractivity (Wildman–Crippen MR) is 58.9 cm³/mol. The molecule has 1 rings (SSSR count). The lowest BCUT2D eigenvalue weighted by Gasteiger charge is -2.15. The van der Waals surface area contributed by atoms with Crippen molar-refractivity contribution in [3.8, 4) is 0 Å². The number of nitrogens with one attached hydrogen (secondary N) is 1. The van der Waals surface area contributed by atoms with E-state index < -0.39 is 18.2 Å². The van der Waals surface area contributed by atoms with Crippen LogP contribution < -0.4 is 0 Å². The highest BCUT2D eigenvalue weighted by molar-refractivity contribution is 6.18. The van der Waals surface area contributed by atoms with Crippen molar-refractivity contribution in [1.29, 1.82) is 0 Å². The molecule has 0 bridgehead atoms. The normalized spacial score (nSPS) is 14.8. The van der Waals surface area contributed by atoms with E-state index in [1.54, 1.807) is 13.8 Å². The molecule has 5 nitrogen and oxygen atoms in total. The van der Waals surface area contributed by atoms with Crippen LogP contribution in [0.5, 0.6) is 0 Å². The van der Waals surface area contributed by atoms with Crippen LogP contribution in [-0.2, 0) is 0 Å². The van der Waals surface area contributed by atoms with Crippen molar-refractivity contribution < 1.29 is 20.1 Å². The SMILES string of the molecule is Cc1[nH]c(C(O)C(O)CCl)c(C)c1C(=O)O. The number of H-pyrrole nitrogens is 1. The summed E-state index contributed by atoms with van der Waals surface area (Å²) in [6, 6.07) is 0. The highest BCUT2D eigenvalue weighted by atomic mass is 35.5. The Kier molecular flexibility index (Phi) is 3.96. The second-order valence-electron chi connectivity index (χ2n) is 3.64. The van der Waals surface area contributed by atoms with Gasteiger partial charge in [0, 0.05) is 5.69 Å². The molecule has 6 heteroatoms. The number of carboxylic acid groups (broad SMARTS) is 1. The molecule has 0 fully saturated rings. The summed E-state index contributed by atoms with van der Waals surface area (Å²) >= 11 is 5.42. The van der Waals surface area contributed by atoms with Gasteiger partial charge in [-0.2, -0.15) is 0 Å². The Morgan fingerprint density at radius 3 is 2.38 bits per heavy atom. The lowest BCUT2D eigenvalue weighted by atomic mass is 10.1. The minimum Gasteiger partial charge on any atom is -0.478 e. The van der Waals surface area contributed by atoms with Crippen molar-refractivity contribution in [3.05, 3.63) is 22.5 Å². The number of carbonyl (C=O) groups is 1. The van der Waals surface area contributed by atoms with E-state index >= 15 is 0 Å². The number of carboxylic acids is 1. The number of aryl methyl sites for hydroxylation is 1. The largest absolute Gasteiger partial charge is 0.478 e. The molecule has 0 aliphatic carbocycles. The topological polar surface area (TPSA) is 93.5 Å². The number of aliphatic hydroxyl groups excluding tert-OH is 2. The van der Waals surface area contributed by atoms with Crippen LogP contribution in [0.15, 0.2) is 0 Å². The van der Waals surface area contributed by atoms with Crippen molar-refractivity contribution in [2.45, 2.75) is 26.1 Å². The minimum absolute atomic E-state index is 0.121. The third-order valence-electron chi connectivity index (χ3n) is 2.51. The van der Waals surface area contributed by atoms with Gasteiger partial charge in [-0.15, -0.1) is 11.6 Å². The van der Waals surface area contributed by atoms with Crippen LogP contribution >= 0.6 is 11.6 Å². The number of aromatic carboxylic acids is 1. The van der Waals surface area contributed by atoms with Gasteiger partial charge in [0.15, 0.2) is 0 Å². The van der Waals surface area contributed by atoms with Crippen molar-refractivity contribution in [2.24, 2.45) is 0 Å². The predicted octanol–water partition coefficient (Wildman–Crippen LogP) is 0.963.